The van der Waals surface area contributed by atoms with Crippen molar-refractivity contribution in [3.8, 4) is 5.75 Å². The van der Waals surface area contributed by atoms with Crippen LogP contribution in [0, 0.1) is 0 Å². The topological polar surface area (TPSA) is 52.6 Å². The van der Waals surface area contributed by atoms with Gasteiger partial charge in [0.05, 0.1) is 25.7 Å². The average molecular weight is 257 g/mol. The molecule has 5 heteroatoms. The van der Waals surface area contributed by atoms with Crippen LogP contribution < -0.4 is 4.74 Å². The average Bonchev–Trinajstić information content (AvgIpc) is 2.31. The third-order valence-corrected chi connectivity index (χ3v) is 2.58. The van der Waals surface area contributed by atoms with Crippen molar-refractivity contribution >= 4 is 23.9 Å². The highest BCUT2D eigenvalue weighted by molar-refractivity contribution is 6.32. The normalized spacial score (nSPS) is 9.82. The van der Waals surface area contributed by atoms with Gasteiger partial charge in [0.1, 0.15) is 5.75 Å². The second-order valence-electron chi connectivity index (χ2n) is 3.24. The van der Waals surface area contributed by atoms with E-state index in [1.807, 2.05) is 0 Å². The van der Waals surface area contributed by atoms with Crippen molar-refractivity contribution in [2.24, 2.45) is 0 Å². The highest BCUT2D eigenvalue weighted by Gasteiger charge is 2.16. The van der Waals surface area contributed by atoms with E-state index in [-0.39, 0.29) is 18.6 Å². The van der Waals surface area contributed by atoms with E-state index in [9.17, 15) is 9.59 Å². The third-order valence-electron chi connectivity index (χ3n) is 2.22. The first kappa shape index (κ1) is 13.5. The highest BCUT2D eigenvalue weighted by atomic mass is 35.5. The molecule has 0 radical (unpaired) electrons. The van der Waals surface area contributed by atoms with E-state index in [1.54, 1.807) is 19.1 Å². The van der Waals surface area contributed by atoms with Gasteiger partial charge in [-0.15, -0.1) is 0 Å². The molecule has 0 heterocycles. The summed E-state index contributed by atoms with van der Waals surface area (Å²) in [6.07, 6.45) is 0.581. The van der Waals surface area contributed by atoms with Gasteiger partial charge >= 0.3 is 5.97 Å². The Morgan fingerprint density at radius 2 is 2.18 bits per heavy atom. The molecular weight excluding hydrogens is 244 g/mol. The summed E-state index contributed by atoms with van der Waals surface area (Å²) in [5.74, 6) is -0.0329. The number of hydrogen-bond acceptors (Lipinski definition) is 4. The fourth-order valence-corrected chi connectivity index (χ4v) is 1.69. The first-order chi connectivity index (χ1) is 8.13. The van der Waals surface area contributed by atoms with Gasteiger partial charge in [-0.3, -0.25) is 9.59 Å². The lowest BCUT2D eigenvalue weighted by molar-refractivity contribution is -0.142. The van der Waals surface area contributed by atoms with Crippen LogP contribution in [0.3, 0.4) is 0 Å². The summed E-state index contributed by atoms with van der Waals surface area (Å²) < 4.78 is 9.85. The zero-order chi connectivity index (χ0) is 12.8. The molecule has 0 aliphatic heterocycles. The van der Waals surface area contributed by atoms with E-state index in [2.05, 4.69) is 0 Å². The largest absolute Gasteiger partial charge is 0.496 e. The molecule has 1 aromatic carbocycles. The number of rotatable bonds is 5. The number of hydrogen-bond donors (Lipinski definition) is 0. The van der Waals surface area contributed by atoms with Crippen LogP contribution >= 0.6 is 11.6 Å². The van der Waals surface area contributed by atoms with E-state index >= 15 is 0 Å². The van der Waals surface area contributed by atoms with Gasteiger partial charge in [0, 0.05) is 5.02 Å². The van der Waals surface area contributed by atoms with Crippen LogP contribution in [-0.4, -0.2) is 26.0 Å². The fourth-order valence-electron chi connectivity index (χ4n) is 1.46. The molecular formula is C12H13ClO4. The number of aldehydes is 1. The van der Waals surface area contributed by atoms with E-state index in [0.29, 0.717) is 22.6 Å². The Balaban J connectivity index is 3.11. The maximum Gasteiger partial charge on any atom is 0.310 e. The summed E-state index contributed by atoms with van der Waals surface area (Å²) in [6, 6.07) is 3.17. The second-order valence-corrected chi connectivity index (χ2v) is 3.65. The number of ether oxygens (including phenoxy) is 2. The molecule has 1 aromatic rings. The van der Waals surface area contributed by atoms with Gasteiger partial charge in [-0.05, 0) is 24.6 Å². The van der Waals surface area contributed by atoms with Crippen molar-refractivity contribution in [1.82, 2.24) is 0 Å². The van der Waals surface area contributed by atoms with Gasteiger partial charge in [0.2, 0.25) is 0 Å². The van der Waals surface area contributed by atoms with Gasteiger partial charge in [0.25, 0.3) is 0 Å². The molecule has 0 atom stereocenters. The van der Waals surface area contributed by atoms with Crippen molar-refractivity contribution in [3.63, 3.8) is 0 Å². The van der Waals surface area contributed by atoms with Gasteiger partial charge in [-0.25, -0.2) is 0 Å². The van der Waals surface area contributed by atoms with Crippen LogP contribution in [0.15, 0.2) is 12.1 Å². The molecule has 0 aliphatic carbocycles. The standard InChI is InChI=1S/C12H13ClO4/c1-3-17-12(15)6-8-9(7-14)11(16-2)5-4-10(8)13/h4-5,7H,3,6H2,1-2H3. The predicted molar refractivity (Wildman–Crippen MR) is 63.7 cm³/mol. The number of esters is 1. The zero-order valence-electron chi connectivity index (χ0n) is 9.66. The summed E-state index contributed by atoms with van der Waals surface area (Å²) >= 11 is 5.96. The van der Waals surface area contributed by atoms with Crippen LogP contribution in [0.25, 0.3) is 0 Å². The van der Waals surface area contributed by atoms with E-state index < -0.39 is 5.97 Å². The fraction of sp³-hybridized carbons (Fsp3) is 0.333. The van der Waals surface area contributed by atoms with Crippen molar-refractivity contribution in [3.05, 3.63) is 28.3 Å². The summed E-state index contributed by atoms with van der Waals surface area (Å²) in [6.45, 7) is 2.00. The van der Waals surface area contributed by atoms with Crippen molar-refractivity contribution in [2.75, 3.05) is 13.7 Å². The molecule has 1 rings (SSSR count). The molecule has 17 heavy (non-hydrogen) atoms. The SMILES string of the molecule is CCOC(=O)Cc1c(Cl)ccc(OC)c1C=O. The van der Waals surface area contributed by atoms with Crippen LogP contribution in [0.5, 0.6) is 5.75 Å². The molecule has 0 saturated heterocycles. The Kier molecular flexibility index (Phi) is 4.97. The molecule has 0 amide bonds. The Labute approximate surface area is 104 Å². The number of carbonyl (C=O) groups is 2. The molecule has 0 N–H and O–H groups in total. The predicted octanol–water partition coefficient (Wildman–Crippen LogP) is 2.27. The smallest absolute Gasteiger partial charge is 0.310 e. The van der Waals surface area contributed by atoms with Gasteiger partial charge in [0.15, 0.2) is 6.29 Å². The van der Waals surface area contributed by atoms with Crippen molar-refractivity contribution < 1.29 is 19.1 Å². The summed E-state index contributed by atoms with van der Waals surface area (Å²) in [7, 11) is 1.45. The summed E-state index contributed by atoms with van der Waals surface area (Å²) in [4.78, 5) is 22.4. The van der Waals surface area contributed by atoms with Crippen LogP contribution in [0.4, 0.5) is 0 Å². The Morgan fingerprint density at radius 3 is 2.71 bits per heavy atom. The third kappa shape index (κ3) is 3.20. The maximum atomic E-state index is 11.4. The van der Waals surface area contributed by atoms with E-state index in [4.69, 9.17) is 21.1 Å². The molecule has 0 aliphatic rings. The summed E-state index contributed by atoms with van der Waals surface area (Å²) in [5.41, 5.74) is 0.715. The quantitative estimate of drug-likeness (QED) is 0.599. The van der Waals surface area contributed by atoms with Crippen molar-refractivity contribution in [2.45, 2.75) is 13.3 Å². The molecule has 0 saturated carbocycles. The molecule has 0 bridgehead atoms. The lowest BCUT2D eigenvalue weighted by atomic mass is 10.0. The van der Waals surface area contributed by atoms with Gasteiger partial charge < -0.3 is 9.47 Å². The van der Waals surface area contributed by atoms with Crippen LogP contribution in [-0.2, 0) is 16.0 Å². The minimum absolute atomic E-state index is 0.0437. The minimum atomic E-state index is -0.425. The maximum absolute atomic E-state index is 11.4. The highest BCUT2D eigenvalue weighted by Crippen LogP contribution is 2.28. The lowest BCUT2D eigenvalue weighted by Gasteiger charge is -2.10. The van der Waals surface area contributed by atoms with Gasteiger partial charge in [-0.2, -0.15) is 0 Å². The van der Waals surface area contributed by atoms with Crippen LogP contribution in [0.2, 0.25) is 5.02 Å². The Hall–Kier alpha value is -1.55. The minimum Gasteiger partial charge on any atom is -0.496 e. The molecule has 92 valence electrons. The first-order valence-electron chi connectivity index (χ1n) is 5.10. The molecule has 0 unspecified atom stereocenters. The Morgan fingerprint density at radius 1 is 1.47 bits per heavy atom. The van der Waals surface area contributed by atoms with Crippen LogP contribution in [0.1, 0.15) is 22.8 Å². The molecule has 0 spiro atoms. The summed E-state index contributed by atoms with van der Waals surface area (Å²) in [5, 5.41) is 0.348. The second kappa shape index (κ2) is 6.25. The molecule has 4 nitrogen and oxygen atoms in total. The monoisotopic (exact) mass is 256 g/mol. The van der Waals surface area contributed by atoms with Gasteiger partial charge in [-0.1, -0.05) is 11.6 Å². The Bertz CT molecular complexity index is 429. The molecule has 0 aromatic heterocycles. The number of benzene rings is 1. The number of methoxy groups -OCH3 is 1. The lowest BCUT2D eigenvalue weighted by Crippen LogP contribution is -2.10. The van der Waals surface area contributed by atoms with E-state index in [1.165, 1.54) is 7.11 Å². The number of halogens is 1. The molecule has 0 fully saturated rings. The first-order valence-corrected chi connectivity index (χ1v) is 5.48. The zero-order valence-corrected chi connectivity index (χ0v) is 10.4. The van der Waals surface area contributed by atoms with Crippen molar-refractivity contribution in [1.29, 1.82) is 0 Å². The van der Waals surface area contributed by atoms with E-state index in [0.717, 1.165) is 0 Å². The number of carbonyl (C=O) groups excluding carboxylic acids is 2.